The summed E-state index contributed by atoms with van der Waals surface area (Å²) < 4.78 is 23.9. The van der Waals surface area contributed by atoms with Crippen molar-refractivity contribution in [3.05, 3.63) is 123 Å². The van der Waals surface area contributed by atoms with Crippen molar-refractivity contribution in [1.82, 2.24) is 0 Å². The van der Waals surface area contributed by atoms with Crippen molar-refractivity contribution in [3.8, 4) is 11.1 Å². The van der Waals surface area contributed by atoms with Crippen LogP contribution in [0.2, 0.25) is 0 Å². The molecule has 196 valence electrons. The van der Waals surface area contributed by atoms with Crippen molar-refractivity contribution in [1.29, 1.82) is 0 Å². The average Bonchev–Trinajstić information content (AvgIpc) is 3.17. The largest absolute Gasteiger partial charge is 0.398 e. The van der Waals surface area contributed by atoms with Gasteiger partial charge in [-0.2, -0.15) is 0 Å². The number of rotatable bonds is 4. The summed E-state index contributed by atoms with van der Waals surface area (Å²) in [6.07, 6.45) is 0. The van der Waals surface area contributed by atoms with Crippen LogP contribution in [0.3, 0.4) is 0 Å². The first-order valence-electron chi connectivity index (χ1n) is 12.9. The van der Waals surface area contributed by atoms with Gasteiger partial charge in [0.2, 0.25) is 0 Å². The third-order valence-electron chi connectivity index (χ3n) is 8.26. The van der Waals surface area contributed by atoms with Gasteiger partial charge in [-0.25, -0.2) is 4.21 Å². The minimum absolute atomic E-state index is 0.582. The lowest BCUT2D eigenvalue weighted by molar-refractivity contribution is 0.570. The van der Waals surface area contributed by atoms with Gasteiger partial charge in [0.15, 0.2) is 0 Å². The zero-order valence-electron chi connectivity index (χ0n) is 22.4. The smallest absolute Gasteiger partial charge is 0.259 e. The predicted molar refractivity (Wildman–Crippen MR) is 163 cm³/mol. The van der Waals surface area contributed by atoms with Gasteiger partial charge in [0.1, 0.15) is 0 Å². The molecule has 5 aromatic carbocycles. The standard InChI is InChI=1S/C33H31N3O2S/c1-18-11-24(12-19(2)31(18)34)33(25-13-20(3)32(35)21(4)14-25)29-10-9-26(36-39(37)38)17-28(29)27-15-22-7-5-6-8-23(22)16-30(27)33/h5-17,36H,34-35H2,1-4H3,(H,37,38). The Morgan fingerprint density at radius 3 is 1.67 bits per heavy atom. The van der Waals surface area contributed by atoms with Gasteiger partial charge in [-0.1, -0.05) is 54.6 Å². The first-order chi connectivity index (χ1) is 18.6. The highest BCUT2D eigenvalue weighted by Gasteiger charge is 2.47. The minimum atomic E-state index is -2.18. The molecule has 1 aliphatic carbocycles. The van der Waals surface area contributed by atoms with E-state index in [0.717, 1.165) is 77.8 Å². The molecule has 6 N–H and O–H groups in total. The number of hydrogen-bond acceptors (Lipinski definition) is 3. The van der Waals surface area contributed by atoms with Crippen LogP contribution in [-0.2, 0) is 16.7 Å². The first-order valence-corrected chi connectivity index (χ1v) is 14.0. The van der Waals surface area contributed by atoms with Crippen LogP contribution in [0.15, 0.2) is 78.9 Å². The van der Waals surface area contributed by atoms with Crippen LogP contribution in [-0.4, -0.2) is 8.76 Å². The van der Waals surface area contributed by atoms with Crippen molar-refractivity contribution < 1.29 is 8.76 Å². The van der Waals surface area contributed by atoms with E-state index in [2.05, 4.69) is 93.1 Å². The molecule has 1 unspecified atom stereocenters. The first kappa shape index (κ1) is 25.2. The van der Waals surface area contributed by atoms with Crippen LogP contribution >= 0.6 is 0 Å². The maximum atomic E-state index is 11.6. The Morgan fingerprint density at radius 2 is 1.15 bits per heavy atom. The number of nitrogens with two attached hydrogens (primary N) is 2. The van der Waals surface area contributed by atoms with Gasteiger partial charge in [0.25, 0.3) is 11.3 Å². The molecule has 0 heterocycles. The van der Waals surface area contributed by atoms with E-state index in [-0.39, 0.29) is 0 Å². The second kappa shape index (κ2) is 8.97. The molecule has 5 nitrogen and oxygen atoms in total. The predicted octanol–water partition coefficient (Wildman–Crippen LogP) is 7.15. The highest BCUT2D eigenvalue weighted by molar-refractivity contribution is 7.80. The molecule has 0 bridgehead atoms. The second-order valence-corrected chi connectivity index (χ2v) is 11.4. The average molecular weight is 534 g/mol. The molecule has 0 saturated carbocycles. The maximum absolute atomic E-state index is 11.6. The Bertz CT molecular complexity index is 1740. The molecular formula is C33H31N3O2S. The van der Waals surface area contributed by atoms with Crippen molar-refractivity contribution in [2.45, 2.75) is 33.1 Å². The molecule has 5 aromatic rings. The van der Waals surface area contributed by atoms with Crippen molar-refractivity contribution >= 4 is 39.1 Å². The molecular weight excluding hydrogens is 502 g/mol. The van der Waals surface area contributed by atoms with Crippen LogP contribution in [0.1, 0.15) is 44.5 Å². The SMILES string of the molecule is Cc1cc(C2(c3cc(C)c(N)c(C)c3)c3ccc(NS(=O)O)cc3-c3cc4ccccc4cc32)cc(C)c1N. The molecule has 0 amide bonds. The van der Waals surface area contributed by atoms with Crippen LogP contribution < -0.4 is 16.2 Å². The fourth-order valence-corrected chi connectivity index (χ4v) is 6.68. The molecule has 1 aliphatic rings. The van der Waals surface area contributed by atoms with E-state index >= 15 is 0 Å². The third-order valence-corrected chi connectivity index (χ3v) is 8.67. The molecule has 0 radical (unpaired) electrons. The number of fused-ring (bicyclic) bond motifs is 4. The lowest BCUT2D eigenvalue weighted by atomic mass is 9.66. The van der Waals surface area contributed by atoms with E-state index in [1.807, 2.05) is 18.2 Å². The highest BCUT2D eigenvalue weighted by atomic mass is 32.2. The fourth-order valence-electron chi connectivity index (χ4n) is 6.35. The molecule has 1 atom stereocenters. The van der Waals surface area contributed by atoms with E-state index in [4.69, 9.17) is 11.5 Å². The van der Waals surface area contributed by atoms with E-state index < -0.39 is 16.7 Å². The van der Waals surface area contributed by atoms with Crippen LogP contribution in [0, 0.1) is 27.7 Å². The molecule has 0 aromatic heterocycles. The van der Waals surface area contributed by atoms with Gasteiger partial charge in [0.05, 0.1) is 5.41 Å². The van der Waals surface area contributed by atoms with E-state index in [9.17, 15) is 8.76 Å². The number of hydrogen-bond donors (Lipinski definition) is 4. The van der Waals surface area contributed by atoms with Crippen LogP contribution in [0.25, 0.3) is 21.9 Å². The van der Waals surface area contributed by atoms with E-state index in [1.165, 1.54) is 0 Å². The molecule has 0 fully saturated rings. The molecule has 0 aliphatic heterocycles. The summed E-state index contributed by atoms with van der Waals surface area (Å²) in [5.74, 6) is 0. The highest BCUT2D eigenvalue weighted by Crippen LogP contribution is 2.58. The quantitative estimate of drug-likeness (QED) is 0.143. The monoisotopic (exact) mass is 533 g/mol. The number of benzene rings is 5. The number of aryl methyl sites for hydroxylation is 4. The molecule has 39 heavy (non-hydrogen) atoms. The Kier molecular flexibility index (Phi) is 5.79. The van der Waals surface area contributed by atoms with Crippen LogP contribution in [0.4, 0.5) is 17.1 Å². The summed E-state index contributed by atoms with van der Waals surface area (Å²) in [6, 6.07) is 27.6. The minimum Gasteiger partial charge on any atom is -0.398 e. The van der Waals surface area contributed by atoms with Crippen molar-refractivity contribution in [3.63, 3.8) is 0 Å². The number of nitrogen functional groups attached to an aromatic ring is 2. The molecule has 0 saturated heterocycles. The van der Waals surface area contributed by atoms with Gasteiger partial charge >= 0.3 is 0 Å². The normalized spacial score (nSPS) is 14.2. The van der Waals surface area contributed by atoms with Crippen molar-refractivity contribution in [2.24, 2.45) is 0 Å². The fraction of sp³-hybridized carbons (Fsp3) is 0.152. The maximum Gasteiger partial charge on any atom is 0.259 e. The Morgan fingerprint density at radius 1 is 0.667 bits per heavy atom. The van der Waals surface area contributed by atoms with Gasteiger partial charge in [-0.15, -0.1) is 0 Å². The summed E-state index contributed by atoms with van der Waals surface area (Å²) in [7, 11) is 0. The summed E-state index contributed by atoms with van der Waals surface area (Å²) >= 11 is -2.18. The zero-order chi connectivity index (χ0) is 27.6. The molecule has 0 spiro atoms. The summed E-state index contributed by atoms with van der Waals surface area (Å²) in [5.41, 5.74) is 25.1. The second-order valence-electron chi connectivity index (χ2n) is 10.7. The van der Waals surface area contributed by atoms with Crippen LogP contribution in [0.5, 0.6) is 0 Å². The van der Waals surface area contributed by atoms with E-state index in [0.29, 0.717) is 5.69 Å². The molecule has 6 rings (SSSR count). The van der Waals surface area contributed by atoms with Gasteiger partial charge in [0, 0.05) is 17.1 Å². The lowest BCUT2D eigenvalue weighted by Crippen LogP contribution is -2.29. The van der Waals surface area contributed by atoms with Crippen molar-refractivity contribution in [2.75, 3.05) is 16.2 Å². The van der Waals surface area contributed by atoms with E-state index in [1.54, 1.807) is 0 Å². The Balaban J connectivity index is 1.82. The van der Waals surface area contributed by atoms with Gasteiger partial charge in [-0.05, 0) is 118 Å². The summed E-state index contributed by atoms with van der Waals surface area (Å²) in [6.45, 7) is 8.22. The van der Waals surface area contributed by atoms with Gasteiger partial charge in [-0.3, -0.25) is 9.27 Å². The van der Waals surface area contributed by atoms with Gasteiger partial charge < -0.3 is 11.5 Å². The number of anilines is 3. The lowest BCUT2D eigenvalue weighted by Gasteiger charge is -2.35. The summed E-state index contributed by atoms with van der Waals surface area (Å²) in [4.78, 5) is 0. The third kappa shape index (κ3) is 3.74. The zero-order valence-corrected chi connectivity index (χ0v) is 23.2. The molecule has 6 heteroatoms. The Hall–Kier alpha value is -4.13. The number of nitrogens with one attached hydrogen (secondary N) is 1. The Labute approximate surface area is 231 Å². The topological polar surface area (TPSA) is 101 Å². The summed E-state index contributed by atoms with van der Waals surface area (Å²) in [5, 5.41) is 2.28.